The van der Waals surface area contributed by atoms with Gasteiger partial charge in [0.1, 0.15) is 11.3 Å². The molecular weight excluding hydrogens is 252 g/mol. The van der Waals surface area contributed by atoms with Gasteiger partial charge in [-0.3, -0.25) is 0 Å². The highest BCUT2D eigenvalue weighted by Crippen LogP contribution is 2.21. The van der Waals surface area contributed by atoms with Crippen LogP contribution in [-0.4, -0.2) is 11.6 Å². The van der Waals surface area contributed by atoms with E-state index in [0.29, 0.717) is 18.2 Å². The summed E-state index contributed by atoms with van der Waals surface area (Å²) < 4.78 is 11.3. The lowest BCUT2D eigenvalue weighted by Gasteiger charge is -2.03. The molecule has 2 N–H and O–H groups in total. The van der Waals surface area contributed by atoms with E-state index in [1.54, 1.807) is 0 Å². The van der Waals surface area contributed by atoms with Crippen LogP contribution in [0.2, 0.25) is 0 Å². The number of fused-ring (bicyclic) bond motifs is 1. The number of nitrogens with zero attached hydrogens (tertiary/aromatic N) is 1. The molecular formula is C16H16N2O2. The maximum atomic E-state index is 5.85. The number of ether oxygens (including phenoxy) is 1. The van der Waals surface area contributed by atoms with Crippen molar-refractivity contribution >= 4 is 16.8 Å². The molecule has 2 aromatic carbocycles. The quantitative estimate of drug-likeness (QED) is 0.569. The van der Waals surface area contributed by atoms with Gasteiger partial charge in [-0.2, -0.15) is 0 Å². The van der Waals surface area contributed by atoms with Crippen molar-refractivity contribution in [2.45, 2.75) is 12.8 Å². The van der Waals surface area contributed by atoms with E-state index in [2.05, 4.69) is 4.98 Å². The highest BCUT2D eigenvalue weighted by Gasteiger charge is 2.07. The molecule has 1 heterocycles. The molecule has 0 atom stereocenters. The Morgan fingerprint density at radius 1 is 1.05 bits per heavy atom. The third-order valence-corrected chi connectivity index (χ3v) is 3.04. The number of hydrogen-bond donors (Lipinski definition) is 1. The highest BCUT2D eigenvalue weighted by molar-refractivity contribution is 5.85. The SMILES string of the molecule is Nc1cccc2oc(CCCOc3ccccc3)nc12. The summed E-state index contributed by atoms with van der Waals surface area (Å²) in [5.41, 5.74) is 7.99. The van der Waals surface area contributed by atoms with Gasteiger partial charge in [0, 0.05) is 6.42 Å². The summed E-state index contributed by atoms with van der Waals surface area (Å²) in [7, 11) is 0. The Kier molecular flexibility index (Phi) is 3.54. The van der Waals surface area contributed by atoms with Crippen molar-refractivity contribution in [2.75, 3.05) is 12.3 Å². The van der Waals surface area contributed by atoms with E-state index in [0.717, 1.165) is 29.7 Å². The fourth-order valence-corrected chi connectivity index (χ4v) is 2.05. The molecule has 4 nitrogen and oxygen atoms in total. The molecule has 0 bridgehead atoms. The fraction of sp³-hybridized carbons (Fsp3) is 0.188. The van der Waals surface area contributed by atoms with E-state index < -0.39 is 0 Å². The van der Waals surface area contributed by atoms with Crippen molar-refractivity contribution in [2.24, 2.45) is 0 Å². The minimum Gasteiger partial charge on any atom is -0.494 e. The van der Waals surface area contributed by atoms with Gasteiger partial charge in [0.25, 0.3) is 0 Å². The minimum absolute atomic E-state index is 0.637. The van der Waals surface area contributed by atoms with Gasteiger partial charge in [0.15, 0.2) is 11.5 Å². The highest BCUT2D eigenvalue weighted by atomic mass is 16.5. The maximum Gasteiger partial charge on any atom is 0.195 e. The first-order valence-corrected chi connectivity index (χ1v) is 6.65. The van der Waals surface area contributed by atoms with Crippen LogP contribution in [0, 0.1) is 0 Å². The molecule has 0 aliphatic heterocycles. The maximum absolute atomic E-state index is 5.85. The summed E-state index contributed by atoms with van der Waals surface area (Å²) >= 11 is 0. The number of aromatic nitrogens is 1. The zero-order valence-corrected chi connectivity index (χ0v) is 11.1. The molecule has 0 saturated carbocycles. The molecule has 4 heteroatoms. The Morgan fingerprint density at radius 3 is 2.70 bits per heavy atom. The molecule has 0 radical (unpaired) electrons. The monoisotopic (exact) mass is 268 g/mol. The molecule has 0 saturated heterocycles. The van der Waals surface area contributed by atoms with Gasteiger partial charge in [0.05, 0.1) is 12.3 Å². The van der Waals surface area contributed by atoms with Crippen molar-refractivity contribution in [3.63, 3.8) is 0 Å². The van der Waals surface area contributed by atoms with E-state index >= 15 is 0 Å². The van der Waals surface area contributed by atoms with Gasteiger partial charge in [-0.1, -0.05) is 24.3 Å². The van der Waals surface area contributed by atoms with E-state index in [1.807, 2.05) is 48.5 Å². The van der Waals surface area contributed by atoms with E-state index in [-0.39, 0.29) is 0 Å². The van der Waals surface area contributed by atoms with E-state index in [4.69, 9.17) is 14.9 Å². The lowest BCUT2D eigenvalue weighted by Crippen LogP contribution is -1.99. The third kappa shape index (κ3) is 2.74. The number of benzene rings is 2. The molecule has 3 rings (SSSR count). The number of hydrogen-bond acceptors (Lipinski definition) is 4. The summed E-state index contributed by atoms with van der Waals surface area (Å²) in [4.78, 5) is 4.41. The Hall–Kier alpha value is -2.49. The fourth-order valence-electron chi connectivity index (χ4n) is 2.05. The first kappa shape index (κ1) is 12.5. The van der Waals surface area contributed by atoms with Crippen molar-refractivity contribution in [1.82, 2.24) is 4.98 Å². The Bertz CT molecular complexity index is 692. The summed E-state index contributed by atoms with van der Waals surface area (Å²) in [5.74, 6) is 1.59. The topological polar surface area (TPSA) is 61.3 Å². The van der Waals surface area contributed by atoms with Crippen LogP contribution in [0.1, 0.15) is 12.3 Å². The number of nitrogens with two attached hydrogens (primary N) is 1. The van der Waals surface area contributed by atoms with Crippen molar-refractivity contribution in [1.29, 1.82) is 0 Å². The number of oxazole rings is 1. The van der Waals surface area contributed by atoms with Gasteiger partial charge in [-0.15, -0.1) is 0 Å². The predicted octanol–water partition coefficient (Wildman–Crippen LogP) is 3.42. The number of nitrogen functional groups attached to an aromatic ring is 1. The molecule has 0 spiro atoms. The molecule has 0 aliphatic carbocycles. The molecule has 3 aromatic rings. The lowest BCUT2D eigenvalue weighted by molar-refractivity contribution is 0.306. The number of para-hydroxylation sites is 2. The Labute approximate surface area is 117 Å². The third-order valence-electron chi connectivity index (χ3n) is 3.04. The zero-order valence-electron chi connectivity index (χ0n) is 11.1. The molecule has 0 unspecified atom stereocenters. The molecule has 0 amide bonds. The number of aryl methyl sites for hydroxylation is 1. The van der Waals surface area contributed by atoms with Crippen molar-refractivity contribution < 1.29 is 9.15 Å². The van der Waals surface area contributed by atoms with Gasteiger partial charge in [-0.25, -0.2) is 4.98 Å². The van der Waals surface area contributed by atoms with E-state index in [9.17, 15) is 0 Å². The first-order chi connectivity index (χ1) is 9.83. The molecule has 102 valence electrons. The van der Waals surface area contributed by atoms with Gasteiger partial charge >= 0.3 is 0 Å². The normalized spacial score (nSPS) is 10.8. The predicted molar refractivity (Wildman–Crippen MR) is 78.7 cm³/mol. The Morgan fingerprint density at radius 2 is 1.90 bits per heavy atom. The molecule has 0 aliphatic rings. The van der Waals surface area contributed by atoms with Crippen LogP contribution >= 0.6 is 0 Å². The second kappa shape index (κ2) is 5.65. The van der Waals surface area contributed by atoms with Crippen molar-refractivity contribution in [3.05, 3.63) is 54.4 Å². The summed E-state index contributed by atoms with van der Waals surface area (Å²) in [5, 5.41) is 0. The number of anilines is 1. The van der Waals surface area contributed by atoms with Gasteiger partial charge in [-0.05, 0) is 30.7 Å². The first-order valence-electron chi connectivity index (χ1n) is 6.65. The summed E-state index contributed by atoms with van der Waals surface area (Å²) in [6.07, 6.45) is 1.59. The van der Waals surface area contributed by atoms with Gasteiger partial charge in [0.2, 0.25) is 0 Å². The van der Waals surface area contributed by atoms with Gasteiger partial charge < -0.3 is 14.9 Å². The van der Waals surface area contributed by atoms with Crippen molar-refractivity contribution in [3.8, 4) is 5.75 Å². The minimum atomic E-state index is 0.637. The van der Waals surface area contributed by atoms with Crippen LogP contribution in [-0.2, 0) is 6.42 Å². The second-order valence-electron chi connectivity index (χ2n) is 4.57. The summed E-state index contributed by atoms with van der Waals surface area (Å²) in [6.45, 7) is 0.637. The van der Waals surface area contributed by atoms with E-state index in [1.165, 1.54) is 0 Å². The molecule has 0 fully saturated rings. The van der Waals surface area contributed by atoms with Crippen LogP contribution in [0.3, 0.4) is 0 Å². The average Bonchev–Trinajstić information content (AvgIpc) is 2.89. The van der Waals surface area contributed by atoms with Crippen LogP contribution in [0.25, 0.3) is 11.1 Å². The second-order valence-corrected chi connectivity index (χ2v) is 4.57. The molecule has 1 aromatic heterocycles. The molecule has 20 heavy (non-hydrogen) atoms. The van der Waals surface area contributed by atoms with Crippen LogP contribution in [0.15, 0.2) is 52.9 Å². The largest absolute Gasteiger partial charge is 0.494 e. The standard InChI is InChI=1S/C16H16N2O2/c17-13-8-4-9-14-16(13)18-15(20-14)10-5-11-19-12-6-2-1-3-7-12/h1-4,6-9H,5,10-11,17H2. The smallest absolute Gasteiger partial charge is 0.195 e. The van der Waals surface area contributed by atoms with Crippen LogP contribution in [0.4, 0.5) is 5.69 Å². The zero-order chi connectivity index (χ0) is 13.8. The Balaban J connectivity index is 1.56. The summed E-state index contributed by atoms with van der Waals surface area (Å²) in [6, 6.07) is 15.3. The average molecular weight is 268 g/mol. The van der Waals surface area contributed by atoms with Crippen LogP contribution in [0.5, 0.6) is 5.75 Å². The number of rotatable bonds is 5. The van der Waals surface area contributed by atoms with Crippen LogP contribution < -0.4 is 10.5 Å². The lowest BCUT2D eigenvalue weighted by atomic mass is 10.3.